The molecule has 1 atom stereocenters. The maximum Gasteiger partial charge on any atom is 0.326 e. The molecule has 0 saturated heterocycles. The van der Waals surface area contributed by atoms with Gasteiger partial charge in [-0.3, -0.25) is 9.59 Å². The summed E-state index contributed by atoms with van der Waals surface area (Å²) in [6.45, 7) is 7.80. The highest BCUT2D eigenvalue weighted by Gasteiger charge is 2.35. The quantitative estimate of drug-likeness (QED) is 0.562. The van der Waals surface area contributed by atoms with Crippen molar-refractivity contribution in [2.75, 3.05) is 0 Å². The number of Topliss-reactive ketones (excluding diaryl/α,β-unsaturated/α-hetero) is 1. The largest absolute Gasteiger partial charge is 0.481 e. The second-order valence-electron chi connectivity index (χ2n) is 7.18. The molecule has 0 aromatic rings. The lowest BCUT2D eigenvalue weighted by Crippen LogP contribution is -2.47. The molecule has 7 nitrogen and oxygen atoms in total. The van der Waals surface area contributed by atoms with Gasteiger partial charge in [0.1, 0.15) is 11.8 Å². The van der Waals surface area contributed by atoms with Crippen molar-refractivity contribution in [2.24, 2.45) is 10.8 Å². The van der Waals surface area contributed by atoms with Crippen LogP contribution in [0.15, 0.2) is 0 Å². The molecule has 0 fully saturated rings. The zero-order valence-electron chi connectivity index (χ0n) is 14.4. The molecule has 0 rings (SSSR count). The van der Waals surface area contributed by atoms with Crippen molar-refractivity contribution >= 4 is 23.6 Å². The average molecular weight is 329 g/mol. The van der Waals surface area contributed by atoms with E-state index in [0.717, 1.165) is 0 Å². The summed E-state index contributed by atoms with van der Waals surface area (Å²) in [7, 11) is 0. The molecule has 0 radical (unpaired) electrons. The van der Waals surface area contributed by atoms with Crippen molar-refractivity contribution in [1.82, 2.24) is 5.32 Å². The zero-order chi connectivity index (χ0) is 18.4. The van der Waals surface area contributed by atoms with Gasteiger partial charge in [-0.1, -0.05) is 13.8 Å². The highest BCUT2D eigenvalue weighted by Crippen LogP contribution is 2.31. The molecule has 0 aliphatic rings. The van der Waals surface area contributed by atoms with Crippen molar-refractivity contribution in [1.29, 1.82) is 0 Å². The molecule has 7 heteroatoms. The standard InChI is InChI=1S/C16H27NO6/c1-10(18)6-7-11(12(19)20)17-13(21)15(2,3)8-9-16(4,5)14(22)23/h11H,6-9H2,1-5H3,(H,17,21)(H,19,20)(H,22,23)/t11-/m0/s1. The fourth-order valence-corrected chi connectivity index (χ4v) is 1.80. The van der Waals surface area contributed by atoms with E-state index >= 15 is 0 Å². The van der Waals surface area contributed by atoms with Gasteiger partial charge >= 0.3 is 11.9 Å². The number of amides is 1. The van der Waals surface area contributed by atoms with Crippen molar-refractivity contribution < 1.29 is 29.4 Å². The van der Waals surface area contributed by atoms with E-state index < -0.39 is 34.7 Å². The molecule has 23 heavy (non-hydrogen) atoms. The summed E-state index contributed by atoms with van der Waals surface area (Å²) >= 11 is 0. The fraction of sp³-hybridized carbons (Fsp3) is 0.750. The number of nitrogens with one attached hydrogen (secondary N) is 1. The number of hydrogen-bond acceptors (Lipinski definition) is 4. The Morgan fingerprint density at radius 3 is 1.83 bits per heavy atom. The molecule has 0 aromatic heterocycles. The SMILES string of the molecule is CC(=O)CC[C@H](NC(=O)C(C)(C)CCC(C)(C)C(=O)O)C(=O)O. The molecule has 0 unspecified atom stereocenters. The van der Waals surface area contributed by atoms with Gasteiger partial charge < -0.3 is 20.3 Å². The topological polar surface area (TPSA) is 121 Å². The Morgan fingerprint density at radius 1 is 0.957 bits per heavy atom. The number of ketones is 1. The predicted molar refractivity (Wildman–Crippen MR) is 83.9 cm³/mol. The van der Waals surface area contributed by atoms with Crippen LogP contribution in [-0.4, -0.2) is 39.9 Å². The van der Waals surface area contributed by atoms with Crippen LogP contribution in [0.3, 0.4) is 0 Å². The van der Waals surface area contributed by atoms with Crippen LogP contribution >= 0.6 is 0 Å². The maximum absolute atomic E-state index is 12.3. The van der Waals surface area contributed by atoms with Crippen LogP contribution < -0.4 is 5.32 Å². The van der Waals surface area contributed by atoms with Gasteiger partial charge in [0.2, 0.25) is 5.91 Å². The average Bonchev–Trinajstić information content (AvgIpc) is 2.40. The maximum atomic E-state index is 12.3. The highest BCUT2D eigenvalue weighted by atomic mass is 16.4. The van der Waals surface area contributed by atoms with E-state index in [1.54, 1.807) is 27.7 Å². The van der Waals surface area contributed by atoms with Gasteiger partial charge in [-0.05, 0) is 40.0 Å². The monoisotopic (exact) mass is 329 g/mol. The predicted octanol–water partition coefficient (Wildman–Crippen LogP) is 1.84. The van der Waals surface area contributed by atoms with E-state index in [9.17, 15) is 19.2 Å². The molecular formula is C16H27NO6. The minimum absolute atomic E-state index is 0.0348. The summed E-state index contributed by atoms with van der Waals surface area (Å²) in [6, 6.07) is -1.13. The van der Waals surface area contributed by atoms with Gasteiger partial charge in [0.05, 0.1) is 5.41 Å². The first-order valence-electron chi connectivity index (χ1n) is 7.56. The van der Waals surface area contributed by atoms with E-state index in [1.165, 1.54) is 6.92 Å². The lowest BCUT2D eigenvalue weighted by Gasteiger charge is -2.29. The lowest BCUT2D eigenvalue weighted by molar-refractivity contribution is -0.148. The highest BCUT2D eigenvalue weighted by molar-refractivity contribution is 5.87. The third kappa shape index (κ3) is 7.25. The second-order valence-corrected chi connectivity index (χ2v) is 7.18. The van der Waals surface area contributed by atoms with Gasteiger partial charge in [-0.2, -0.15) is 0 Å². The Morgan fingerprint density at radius 2 is 1.43 bits per heavy atom. The van der Waals surface area contributed by atoms with E-state index in [-0.39, 0.29) is 25.0 Å². The normalized spacial score (nSPS) is 13.3. The molecule has 3 N–H and O–H groups in total. The van der Waals surface area contributed by atoms with Gasteiger partial charge in [0.25, 0.3) is 0 Å². The van der Waals surface area contributed by atoms with Crippen LogP contribution in [0.5, 0.6) is 0 Å². The third-order valence-electron chi connectivity index (χ3n) is 3.96. The van der Waals surface area contributed by atoms with Crippen molar-refractivity contribution in [3.63, 3.8) is 0 Å². The Kier molecular flexibility index (Phi) is 7.40. The first-order valence-corrected chi connectivity index (χ1v) is 7.56. The molecular weight excluding hydrogens is 302 g/mol. The van der Waals surface area contributed by atoms with Crippen LogP contribution in [-0.2, 0) is 19.2 Å². The van der Waals surface area contributed by atoms with Crippen LogP contribution in [0.4, 0.5) is 0 Å². The second kappa shape index (κ2) is 8.08. The van der Waals surface area contributed by atoms with E-state index in [2.05, 4.69) is 5.32 Å². The van der Waals surface area contributed by atoms with Gasteiger partial charge in [-0.15, -0.1) is 0 Å². The summed E-state index contributed by atoms with van der Waals surface area (Å²) in [5.41, 5.74) is -1.87. The van der Waals surface area contributed by atoms with Crippen molar-refractivity contribution in [2.45, 2.75) is 66.3 Å². The number of hydrogen-bond donors (Lipinski definition) is 3. The first kappa shape index (κ1) is 21.1. The van der Waals surface area contributed by atoms with E-state index in [1.807, 2.05) is 0 Å². The molecule has 0 heterocycles. The molecule has 0 aliphatic carbocycles. The molecule has 0 bridgehead atoms. The van der Waals surface area contributed by atoms with Crippen LogP contribution in [0.1, 0.15) is 60.3 Å². The zero-order valence-corrected chi connectivity index (χ0v) is 14.4. The van der Waals surface area contributed by atoms with Crippen molar-refractivity contribution in [3.05, 3.63) is 0 Å². The Hall–Kier alpha value is -1.92. The molecule has 132 valence electrons. The number of carbonyl (C=O) groups excluding carboxylic acids is 2. The summed E-state index contributed by atoms with van der Waals surface area (Å²) in [5, 5.41) is 20.7. The first-order chi connectivity index (χ1) is 10.3. The summed E-state index contributed by atoms with van der Waals surface area (Å²) in [5.74, 6) is -2.75. The number of carboxylic acids is 2. The van der Waals surface area contributed by atoms with Crippen LogP contribution in [0, 0.1) is 10.8 Å². The van der Waals surface area contributed by atoms with Gasteiger partial charge in [0, 0.05) is 11.8 Å². The van der Waals surface area contributed by atoms with Crippen LogP contribution in [0.25, 0.3) is 0 Å². The molecule has 0 spiro atoms. The molecule has 0 aliphatic heterocycles. The van der Waals surface area contributed by atoms with Gasteiger partial charge in [0.15, 0.2) is 0 Å². The number of aliphatic carboxylic acids is 2. The number of rotatable bonds is 10. The van der Waals surface area contributed by atoms with Crippen LogP contribution in [0.2, 0.25) is 0 Å². The smallest absolute Gasteiger partial charge is 0.326 e. The number of carboxylic acid groups (broad SMARTS) is 2. The summed E-state index contributed by atoms with van der Waals surface area (Å²) in [4.78, 5) is 45.6. The Balaban J connectivity index is 4.79. The minimum Gasteiger partial charge on any atom is -0.481 e. The van der Waals surface area contributed by atoms with Crippen molar-refractivity contribution in [3.8, 4) is 0 Å². The Bertz CT molecular complexity index is 481. The molecule has 0 saturated carbocycles. The fourth-order valence-electron chi connectivity index (χ4n) is 1.80. The Labute approximate surface area is 136 Å². The summed E-state index contributed by atoms with van der Waals surface area (Å²) in [6.07, 6.45) is 0.696. The molecule has 0 aromatic carbocycles. The third-order valence-corrected chi connectivity index (χ3v) is 3.96. The molecule has 1 amide bonds. The van der Waals surface area contributed by atoms with Gasteiger partial charge in [-0.25, -0.2) is 4.79 Å². The number of carbonyl (C=O) groups is 4. The van der Waals surface area contributed by atoms with E-state index in [4.69, 9.17) is 10.2 Å². The van der Waals surface area contributed by atoms with E-state index in [0.29, 0.717) is 6.42 Å². The minimum atomic E-state index is -1.19. The lowest BCUT2D eigenvalue weighted by atomic mass is 9.78. The summed E-state index contributed by atoms with van der Waals surface area (Å²) < 4.78 is 0.